The average Bonchev–Trinajstić information content (AvgIpc) is 3.00. The second kappa shape index (κ2) is 6.31. The third-order valence-electron chi connectivity index (χ3n) is 3.90. The van der Waals surface area contributed by atoms with Crippen LogP contribution in [0.15, 0.2) is 18.2 Å². The first-order valence-electron chi connectivity index (χ1n) is 7.39. The van der Waals surface area contributed by atoms with E-state index in [9.17, 15) is 9.50 Å². The molecule has 118 valence electrons. The van der Waals surface area contributed by atoms with Crippen molar-refractivity contribution in [1.29, 1.82) is 0 Å². The average molecular weight is 306 g/mol. The molecule has 0 unspecified atom stereocenters. The fraction of sp³-hybridized carbons (Fsp3) is 0.467. The van der Waals surface area contributed by atoms with Gasteiger partial charge in [0.2, 0.25) is 0 Å². The molecule has 1 N–H and O–H groups in total. The molecule has 1 aromatic heterocycles. The zero-order chi connectivity index (χ0) is 15.5. The van der Waals surface area contributed by atoms with Crippen LogP contribution >= 0.6 is 0 Å². The van der Waals surface area contributed by atoms with Crippen LogP contribution in [-0.2, 0) is 6.61 Å². The Morgan fingerprint density at radius 3 is 2.73 bits per heavy atom. The highest BCUT2D eigenvalue weighted by Gasteiger charge is 2.23. The lowest BCUT2D eigenvalue weighted by Gasteiger charge is -2.29. The zero-order valence-corrected chi connectivity index (χ0v) is 12.5. The van der Waals surface area contributed by atoms with Gasteiger partial charge in [-0.05, 0) is 31.4 Å². The Morgan fingerprint density at radius 2 is 2.05 bits per heavy atom. The minimum absolute atomic E-state index is 0.225. The Bertz CT molecular complexity index is 653. The van der Waals surface area contributed by atoms with Gasteiger partial charge in [0.15, 0.2) is 5.82 Å². The lowest BCUT2D eigenvalue weighted by Crippen LogP contribution is -2.32. The van der Waals surface area contributed by atoms with E-state index >= 15 is 0 Å². The smallest absolute Gasteiger partial charge is 0.158 e. The van der Waals surface area contributed by atoms with Crippen molar-refractivity contribution < 1.29 is 14.2 Å². The first kappa shape index (κ1) is 14.8. The summed E-state index contributed by atoms with van der Waals surface area (Å²) in [5.74, 6) is 0.796. The molecule has 1 aliphatic heterocycles. The molecule has 22 heavy (non-hydrogen) atoms. The van der Waals surface area contributed by atoms with Gasteiger partial charge in [0.05, 0.1) is 13.7 Å². The third kappa shape index (κ3) is 2.64. The minimum atomic E-state index is -0.409. The first-order valence-corrected chi connectivity index (χ1v) is 7.39. The fourth-order valence-corrected chi connectivity index (χ4v) is 2.78. The standard InChI is InChI=1S/C15H19FN4O2/c1-22-11-5-6-12(16)14(9-11)20-15(13(10-21)17-18-20)19-7-3-2-4-8-19/h5-6,9,21H,2-4,7-8,10H2,1H3. The molecule has 0 bridgehead atoms. The molecular weight excluding hydrogens is 287 g/mol. The van der Waals surface area contributed by atoms with Gasteiger partial charge in [-0.2, -0.15) is 4.68 Å². The van der Waals surface area contributed by atoms with Crippen molar-refractivity contribution in [2.45, 2.75) is 25.9 Å². The van der Waals surface area contributed by atoms with Gasteiger partial charge >= 0.3 is 0 Å². The molecule has 0 atom stereocenters. The molecule has 0 radical (unpaired) electrons. The molecule has 0 aliphatic carbocycles. The van der Waals surface area contributed by atoms with Crippen LogP contribution in [0.4, 0.5) is 10.2 Å². The highest BCUT2D eigenvalue weighted by Crippen LogP contribution is 2.28. The van der Waals surface area contributed by atoms with Crippen LogP contribution in [-0.4, -0.2) is 40.3 Å². The number of aliphatic hydroxyl groups is 1. The SMILES string of the molecule is COc1ccc(F)c(-n2nnc(CO)c2N2CCCCC2)c1. The summed E-state index contributed by atoms with van der Waals surface area (Å²) < 4.78 is 20.8. The van der Waals surface area contributed by atoms with Crippen molar-refractivity contribution in [1.82, 2.24) is 15.0 Å². The van der Waals surface area contributed by atoms with Crippen LogP contribution in [0.25, 0.3) is 5.69 Å². The summed E-state index contributed by atoms with van der Waals surface area (Å²) in [7, 11) is 1.53. The number of ether oxygens (including phenoxy) is 1. The van der Waals surface area contributed by atoms with E-state index in [1.165, 1.54) is 24.3 Å². The van der Waals surface area contributed by atoms with Crippen molar-refractivity contribution in [3.05, 3.63) is 29.7 Å². The molecule has 1 aliphatic rings. The quantitative estimate of drug-likeness (QED) is 0.934. The zero-order valence-electron chi connectivity index (χ0n) is 12.5. The topological polar surface area (TPSA) is 63.4 Å². The van der Waals surface area contributed by atoms with Crippen LogP contribution in [0.5, 0.6) is 5.75 Å². The maximum atomic E-state index is 14.2. The van der Waals surface area contributed by atoms with Crippen LogP contribution in [0.2, 0.25) is 0 Å². The van der Waals surface area contributed by atoms with Gasteiger partial charge in [0, 0.05) is 19.2 Å². The van der Waals surface area contributed by atoms with Crippen molar-refractivity contribution in [2.24, 2.45) is 0 Å². The molecular formula is C15H19FN4O2. The number of rotatable bonds is 4. The monoisotopic (exact) mass is 306 g/mol. The van der Waals surface area contributed by atoms with E-state index in [-0.39, 0.29) is 12.3 Å². The molecule has 7 heteroatoms. The van der Waals surface area contributed by atoms with Gasteiger partial charge < -0.3 is 14.7 Å². The molecule has 3 rings (SSSR count). The van der Waals surface area contributed by atoms with Crippen molar-refractivity contribution in [3.8, 4) is 11.4 Å². The Morgan fingerprint density at radius 1 is 1.27 bits per heavy atom. The normalized spacial score (nSPS) is 15.1. The van der Waals surface area contributed by atoms with Crippen LogP contribution < -0.4 is 9.64 Å². The molecule has 0 amide bonds. The van der Waals surface area contributed by atoms with Gasteiger partial charge in [0.25, 0.3) is 0 Å². The summed E-state index contributed by atoms with van der Waals surface area (Å²) in [5.41, 5.74) is 0.733. The highest BCUT2D eigenvalue weighted by atomic mass is 19.1. The Labute approximate surface area is 128 Å². The fourth-order valence-electron chi connectivity index (χ4n) is 2.78. The molecule has 1 saturated heterocycles. The first-order chi connectivity index (χ1) is 10.7. The van der Waals surface area contributed by atoms with E-state index in [1.807, 2.05) is 0 Å². The second-order valence-corrected chi connectivity index (χ2v) is 5.29. The largest absolute Gasteiger partial charge is 0.497 e. The van der Waals surface area contributed by atoms with Gasteiger partial charge in [-0.15, -0.1) is 5.10 Å². The summed E-state index contributed by atoms with van der Waals surface area (Å²) in [6.07, 6.45) is 3.31. The summed E-state index contributed by atoms with van der Waals surface area (Å²) >= 11 is 0. The van der Waals surface area contributed by atoms with E-state index in [4.69, 9.17) is 4.74 Å². The van der Waals surface area contributed by atoms with Crippen molar-refractivity contribution in [3.63, 3.8) is 0 Å². The number of hydrogen-bond donors (Lipinski definition) is 1. The number of hydrogen-bond acceptors (Lipinski definition) is 5. The Balaban J connectivity index is 2.09. The van der Waals surface area contributed by atoms with Crippen LogP contribution in [0.1, 0.15) is 25.0 Å². The predicted octanol–water partition coefficient (Wildman–Crippen LogP) is 1.90. The molecule has 6 nitrogen and oxygen atoms in total. The van der Waals surface area contributed by atoms with E-state index < -0.39 is 5.82 Å². The number of aliphatic hydroxyl groups excluding tert-OH is 1. The highest BCUT2D eigenvalue weighted by molar-refractivity contribution is 5.52. The molecule has 0 saturated carbocycles. The van der Waals surface area contributed by atoms with Gasteiger partial charge in [-0.3, -0.25) is 0 Å². The van der Waals surface area contributed by atoms with E-state index in [2.05, 4.69) is 15.2 Å². The van der Waals surface area contributed by atoms with Crippen LogP contribution in [0, 0.1) is 5.82 Å². The number of piperidine rings is 1. The maximum absolute atomic E-state index is 14.2. The van der Waals surface area contributed by atoms with Crippen molar-refractivity contribution >= 4 is 5.82 Å². The number of nitrogens with zero attached hydrogens (tertiary/aromatic N) is 4. The number of methoxy groups -OCH3 is 1. The molecule has 1 aromatic carbocycles. The Kier molecular flexibility index (Phi) is 4.24. The third-order valence-corrected chi connectivity index (χ3v) is 3.90. The number of anilines is 1. The van der Waals surface area contributed by atoms with E-state index in [0.717, 1.165) is 25.9 Å². The molecule has 2 aromatic rings. The van der Waals surface area contributed by atoms with Gasteiger partial charge in [-0.1, -0.05) is 5.21 Å². The molecule has 0 spiro atoms. The molecule has 2 heterocycles. The number of halogens is 1. The number of benzene rings is 1. The molecule has 1 fully saturated rings. The second-order valence-electron chi connectivity index (χ2n) is 5.29. The summed E-state index contributed by atoms with van der Waals surface area (Å²) in [6.45, 7) is 1.48. The predicted molar refractivity (Wildman–Crippen MR) is 79.9 cm³/mol. The van der Waals surface area contributed by atoms with Crippen molar-refractivity contribution in [2.75, 3.05) is 25.1 Å². The number of aromatic nitrogens is 3. The van der Waals surface area contributed by atoms with Gasteiger partial charge in [-0.25, -0.2) is 4.39 Å². The summed E-state index contributed by atoms with van der Waals surface area (Å²) in [6, 6.07) is 4.48. The minimum Gasteiger partial charge on any atom is -0.497 e. The lowest BCUT2D eigenvalue weighted by molar-refractivity contribution is 0.276. The maximum Gasteiger partial charge on any atom is 0.158 e. The van der Waals surface area contributed by atoms with E-state index in [1.54, 1.807) is 12.1 Å². The van der Waals surface area contributed by atoms with E-state index in [0.29, 0.717) is 17.3 Å². The lowest BCUT2D eigenvalue weighted by atomic mass is 10.1. The van der Waals surface area contributed by atoms with Gasteiger partial charge in [0.1, 0.15) is 22.9 Å². The van der Waals surface area contributed by atoms with Crippen LogP contribution in [0.3, 0.4) is 0 Å². The summed E-state index contributed by atoms with van der Waals surface area (Å²) in [4.78, 5) is 2.11. The Hall–Kier alpha value is -2.15. The summed E-state index contributed by atoms with van der Waals surface area (Å²) in [5, 5.41) is 17.6.